The van der Waals surface area contributed by atoms with Gasteiger partial charge in [-0.05, 0) is 37.6 Å². The molecule has 1 amide bonds. The third-order valence-corrected chi connectivity index (χ3v) is 4.56. The fourth-order valence-electron chi connectivity index (χ4n) is 2.90. The van der Waals surface area contributed by atoms with Crippen molar-refractivity contribution in [2.24, 2.45) is 0 Å². The van der Waals surface area contributed by atoms with Crippen molar-refractivity contribution in [1.29, 1.82) is 0 Å². The summed E-state index contributed by atoms with van der Waals surface area (Å²) in [6, 6.07) is 7.36. The molecule has 0 fully saturated rings. The van der Waals surface area contributed by atoms with E-state index < -0.39 is 0 Å². The maximum atomic E-state index is 12.9. The van der Waals surface area contributed by atoms with E-state index >= 15 is 0 Å². The van der Waals surface area contributed by atoms with Crippen LogP contribution in [-0.2, 0) is 0 Å². The lowest BCUT2D eigenvalue weighted by Crippen LogP contribution is -2.31. The summed E-state index contributed by atoms with van der Waals surface area (Å²) in [7, 11) is 1.74. The molecule has 1 aromatic carbocycles. The molecule has 8 nitrogen and oxygen atoms in total. The van der Waals surface area contributed by atoms with Crippen LogP contribution in [0.3, 0.4) is 0 Å². The van der Waals surface area contributed by atoms with Gasteiger partial charge in [0.05, 0.1) is 6.04 Å². The van der Waals surface area contributed by atoms with Gasteiger partial charge in [0.2, 0.25) is 5.82 Å². The van der Waals surface area contributed by atoms with Crippen molar-refractivity contribution in [1.82, 2.24) is 24.5 Å². The maximum Gasteiger partial charge on any atom is 0.292 e. The Kier molecular flexibility index (Phi) is 3.95. The quantitative estimate of drug-likeness (QED) is 0.717. The molecule has 0 N–H and O–H groups in total. The predicted octanol–water partition coefficient (Wildman–Crippen LogP) is 2.04. The minimum Gasteiger partial charge on any atom is -0.486 e. The molecule has 0 spiro atoms. The normalized spacial score (nSPS) is 14.3. The number of rotatable bonds is 3. The van der Waals surface area contributed by atoms with E-state index in [0.717, 1.165) is 17.0 Å². The summed E-state index contributed by atoms with van der Waals surface area (Å²) in [6.45, 7) is 4.90. The van der Waals surface area contributed by atoms with Crippen molar-refractivity contribution < 1.29 is 14.3 Å². The Hall–Kier alpha value is -3.16. The van der Waals surface area contributed by atoms with Gasteiger partial charge in [-0.1, -0.05) is 6.07 Å². The third-order valence-electron chi connectivity index (χ3n) is 4.56. The van der Waals surface area contributed by atoms with Gasteiger partial charge in [0.15, 0.2) is 11.5 Å². The zero-order valence-electron chi connectivity index (χ0n) is 14.8. The molecule has 0 saturated carbocycles. The van der Waals surface area contributed by atoms with Crippen LogP contribution in [0, 0.1) is 6.92 Å². The third kappa shape index (κ3) is 2.73. The number of aromatic nitrogens is 4. The molecule has 3 aromatic rings. The lowest BCUT2D eigenvalue weighted by atomic mass is 10.1. The Balaban J connectivity index is 1.61. The van der Waals surface area contributed by atoms with E-state index in [0.29, 0.717) is 24.7 Å². The summed E-state index contributed by atoms with van der Waals surface area (Å²) in [4.78, 5) is 18.8. The molecule has 26 heavy (non-hydrogen) atoms. The minimum absolute atomic E-state index is 0.177. The number of benzene rings is 1. The monoisotopic (exact) mass is 353 g/mol. The Morgan fingerprint density at radius 1 is 1.19 bits per heavy atom. The lowest BCUT2D eigenvalue weighted by Gasteiger charge is -2.26. The average molecular weight is 353 g/mol. The second-order valence-electron chi connectivity index (χ2n) is 6.26. The largest absolute Gasteiger partial charge is 0.486 e. The summed E-state index contributed by atoms with van der Waals surface area (Å²) < 4.78 is 12.8. The van der Waals surface area contributed by atoms with E-state index in [9.17, 15) is 4.79 Å². The number of ether oxygens (including phenoxy) is 2. The van der Waals surface area contributed by atoms with E-state index in [1.54, 1.807) is 22.5 Å². The molecular formula is C18H19N5O3. The van der Waals surface area contributed by atoms with Gasteiger partial charge in [-0.25, -0.2) is 4.98 Å². The van der Waals surface area contributed by atoms with Crippen LogP contribution in [0.25, 0.3) is 5.78 Å². The molecule has 2 aromatic heterocycles. The van der Waals surface area contributed by atoms with Crippen molar-refractivity contribution in [3.8, 4) is 11.5 Å². The molecule has 0 aliphatic carbocycles. The Labute approximate surface area is 150 Å². The fraction of sp³-hybridized carbons (Fsp3) is 0.333. The Morgan fingerprint density at radius 2 is 1.96 bits per heavy atom. The highest BCUT2D eigenvalue weighted by Gasteiger charge is 2.25. The molecule has 0 saturated heterocycles. The summed E-state index contributed by atoms with van der Waals surface area (Å²) in [6.07, 6.45) is 1.76. The smallest absolute Gasteiger partial charge is 0.292 e. The second-order valence-corrected chi connectivity index (χ2v) is 6.26. The number of amides is 1. The number of carbonyl (C=O) groups excluding carboxylic acids is 1. The Morgan fingerprint density at radius 3 is 2.77 bits per heavy atom. The zero-order chi connectivity index (χ0) is 18.3. The van der Waals surface area contributed by atoms with Crippen LogP contribution >= 0.6 is 0 Å². The van der Waals surface area contributed by atoms with Gasteiger partial charge in [0.25, 0.3) is 11.7 Å². The first-order valence-electron chi connectivity index (χ1n) is 8.39. The first-order chi connectivity index (χ1) is 12.5. The molecular weight excluding hydrogens is 334 g/mol. The molecule has 3 heterocycles. The molecule has 1 unspecified atom stereocenters. The van der Waals surface area contributed by atoms with Crippen LogP contribution in [0.15, 0.2) is 30.5 Å². The molecule has 0 bridgehead atoms. The number of carbonyl (C=O) groups is 1. The van der Waals surface area contributed by atoms with Gasteiger partial charge in [0.1, 0.15) is 13.2 Å². The highest BCUT2D eigenvalue weighted by molar-refractivity contribution is 5.91. The van der Waals surface area contributed by atoms with E-state index in [2.05, 4.69) is 15.2 Å². The summed E-state index contributed by atoms with van der Waals surface area (Å²) in [5.74, 6) is 1.85. The summed E-state index contributed by atoms with van der Waals surface area (Å²) in [5, 5.41) is 8.01. The average Bonchev–Trinajstić information content (AvgIpc) is 3.08. The topological polar surface area (TPSA) is 81.9 Å². The second kappa shape index (κ2) is 6.29. The van der Waals surface area contributed by atoms with Crippen molar-refractivity contribution in [2.45, 2.75) is 19.9 Å². The first-order valence-corrected chi connectivity index (χ1v) is 8.39. The molecule has 4 rings (SSSR count). The zero-order valence-corrected chi connectivity index (χ0v) is 14.8. The highest BCUT2D eigenvalue weighted by Crippen LogP contribution is 2.34. The number of hydrogen-bond acceptors (Lipinski definition) is 6. The number of hydrogen-bond donors (Lipinski definition) is 0. The van der Waals surface area contributed by atoms with Crippen LogP contribution in [0.1, 0.15) is 34.8 Å². The van der Waals surface area contributed by atoms with Crippen molar-refractivity contribution >= 4 is 11.7 Å². The molecule has 0 radical (unpaired) electrons. The van der Waals surface area contributed by atoms with Gasteiger partial charge in [-0.3, -0.25) is 9.20 Å². The van der Waals surface area contributed by atoms with Crippen molar-refractivity contribution in [2.75, 3.05) is 20.3 Å². The van der Waals surface area contributed by atoms with Crippen molar-refractivity contribution in [3.63, 3.8) is 0 Å². The number of nitrogens with zero attached hydrogens (tertiary/aromatic N) is 5. The van der Waals surface area contributed by atoms with Crippen LogP contribution in [0.2, 0.25) is 0 Å². The SMILES string of the molecule is Cc1ccn2c(C(=O)N(C)C(C)c3ccc4c(c3)OCCO4)nnc2n1. The van der Waals surface area contributed by atoms with Gasteiger partial charge < -0.3 is 14.4 Å². The number of aryl methyl sites for hydroxylation is 1. The van der Waals surface area contributed by atoms with Gasteiger partial charge in [-0.15, -0.1) is 10.2 Å². The molecule has 1 aliphatic rings. The van der Waals surface area contributed by atoms with Gasteiger partial charge >= 0.3 is 0 Å². The minimum atomic E-state index is -0.231. The van der Waals surface area contributed by atoms with Gasteiger partial charge in [-0.2, -0.15) is 0 Å². The van der Waals surface area contributed by atoms with E-state index in [1.165, 1.54) is 0 Å². The molecule has 8 heteroatoms. The first kappa shape index (κ1) is 16.3. The van der Waals surface area contributed by atoms with Crippen LogP contribution < -0.4 is 9.47 Å². The molecule has 1 atom stereocenters. The van der Waals surface area contributed by atoms with Gasteiger partial charge in [0, 0.05) is 18.9 Å². The summed E-state index contributed by atoms with van der Waals surface area (Å²) >= 11 is 0. The van der Waals surface area contributed by atoms with E-state index in [1.807, 2.05) is 38.1 Å². The fourth-order valence-corrected chi connectivity index (χ4v) is 2.90. The predicted molar refractivity (Wildman–Crippen MR) is 93.5 cm³/mol. The lowest BCUT2D eigenvalue weighted by molar-refractivity contribution is 0.0728. The standard InChI is InChI=1S/C18H19N5O3/c1-11-6-7-23-16(20-21-18(23)19-11)17(24)22(3)12(2)13-4-5-14-15(10-13)26-9-8-25-14/h4-7,10,12H,8-9H2,1-3H3. The van der Waals surface area contributed by atoms with Crippen LogP contribution in [0.5, 0.6) is 11.5 Å². The highest BCUT2D eigenvalue weighted by atomic mass is 16.6. The van der Waals surface area contributed by atoms with Crippen molar-refractivity contribution in [3.05, 3.63) is 47.5 Å². The number of fused-ring (bicyclic) bond motifs is 2. The Bertz CT molecular complexity index is 984. The molecule has 134 valence electrons. The van der Waals surface area contributed by atoms with E-state index in [4.69, 9.17) is 9.47 Å². The van der Waals surface area contributed by atoms with Crippen LogP contribution in [-0.4, -0.2) is 50.7 Å². The summed E-state index contributed by atoms with van der Waals surface area (Å²) in [5.41, 5.74) is 1.77. The maximum absolute atomic E-state index is 12.9. The van der Waals surface area contributed by atoms with E-state index in [-0.39, 0.29) is 17.8 Å². The van der Waals surface area contributed by atoms with Crippen LogP contribution in [0.4, 0.5) is 0 Å². The molecule has 1 aliphatic heterocycles.